The van der Waals surface area contributed by atoms with Gasteiger partial charge in [-0.2, -0.15) is 0 Å². The molecule has 0 fully saturated rings. The molecular formula is C13H17FO4. The van der Waals surface area contributed by atoms with Crippen molar-refractivity contribution in [3.05, 3.63) is 29.6 Å². The molecule has 0 aliphatic carbocycles. The summed E-state index contributed by atoms with van der Waals surface area (Å²) in [4.78, 5) is 10.7. The van der Waals surface area contributed by atoms with Crippen LogP contribution in [0.1, 0.15) is 24.2 Å². The fourth-order valence-electron chi connectivity index (χ4n) is 1.28. The Morgan fingerprint density at radius 2 is 2.11 bits per heavy atom. The Hall–Kier alpha value is -1.62. The maximum atomic E-state index is 13.3. The van der Waals surface area contributed by atoms with E-state index < -0.39 is 11.8 Å². The first-order chi connectivity index (χ1) is 8.50. The average molecular weight is 256 g/mol. The molecule has 0 radical (unpaired) electrons. The van der Waals surface area contributed by atoms with Crippen LogP contribution in [-0.2, 0) is 4.74 Å². The first-order valence-electron chi connectivity index (χ1n) is 5.74. The summed E-state index contributed by atoms with van der Waals surface area (Å²) in [5, 5.41) is 8.77. The van der Waals surface area contributed by atoms with Crippen molar-refractivity contribution < 1.29 is 23.8 Å². The quantitative estimate of drug-likeness (QED) is 0.762. The number of hydrogen-bond acceptors (Lipinski definition) is 3. The lowest BCUT2D eigenvalue weighted by atomic mass is 10.2. The fourth-order valence-corrected chi connectivity index (χ4v) is 1.28. The van der Waals surface area contributed by atoms with E-state index in [-0.39, 0.29) is 17.9 Å². The van der Waals surface area contributed by atoms with Crippen LogP contribution < -0.4 is 4.74 Å². The van der Waals surface area contributed by atoms with Gasteiger partial charge < -0.3 is 14.6 Å². The SMILES string of the molecule is CC(C)COCCOc1cc(C(=O)O)ccc1F. The second kappa shape index (κ2) is 6.96. The lowest BCUT2D eigenvalue weighted by Gasteiger charge is -2.09. The smallest absolute Gasteiger partial charge is 0.335 e. The van der Waals surface area contributed by atoms with Crippen LogP contribution in [-0.4, -0.2) is 30.9 Å². The highest BCUT2D eigenvalue weighted by Gasteiger charge is 2.09. The van der Waals surface area contributed by atoms with E-state index in [4.69, 9.17) is 14.6 Å². The number of carboxylic acid groups (broad SMARTS) is 1. The van der Waals surface area contributed by atoms with Crippen LogP contribution in [0.2, 0.25) is 0 Å². The van der Waals surface area contributed by atoms with Crippen LogP contribution in [0.5, 0.6) is 5.75 Å². The van der Waals surface area contributed by atoms with E-state index in [1.165, 1.54) is 12.1 Å². The maximum absolute atomic E-state index is 13.3. The Labute approximate surface area is 105 Å². The van der Waals surface area contributed by atoms with Crippen LogP contribution >= 0.6 is 0 Å². The zero-order valence-electron chi connectivity index (χ0n) is 10.5. The van der Waals surface area contributed by atoms with Gasteiger partial charge in [-0.25, -0.2) is 9.18 Å². The van der Waals surface area contributed by atoms with Crippen LogP contribution in [0.4, 0.5) is 4.39 Å². The van der Waals surface area contributed by atoms with Crippen molar-refractivity contribution in [3.8, 4) is 5.75 Å². The van der Waals surface area contributed by atoms with Gasteiger partial charge in [-0.05, 0) is 24.1 Å². The third-order valence-corrected chi connectivity index (χ3v) is 2.11. The van der Waals surface area contributed by atoms with E-state index in [9.17, 15) is 9.18 Å². The van der Waals surface area contributed by atoms with E-state index in [1.807, 2.05) is 13.8 Å². The largest absolute Gasteiger partial charge is 0.488 e. The summed E-state index contributed by atoms with van der Waals surface area (Å²) in [5.74, 6) is -1.33. The Morgan fingerprint density at radius 1 is 1.39 bits per heavy atom. The fraction of sp³-hybridized carbons (Fsp3) is 0.462. The molecule has 0 aliphatic heterocycles. The van der Waals surface area contributed by atoms with Crippen molar-refractivity contribution in [1.82, 2.24) is 0 Å². The van der Waals surface area contributed by atoms with Crippen molar-refractivity contribution in [1.29, 1.82) is 0 Å². The highest BCUT2D eigenvalue weighted by atomic mass is 19.1. The topological polar surface area (TPSA) is 55.8 Å². The number of aromatic carboxylic acids is 1. The number of benzene rings is 1. The van der Waals surface area contributed by atoms with Gasteiger partial charge in [0.1, 0.15) is 6.61 Å². The molecule has 1 N–H and O–H groups in total. The van der Waals surface area contributed by atoms with Crippen LogP contribution in [0.25, 0.3) is 0 Å². The van der Waals surface area contributed by atoms with E-state index in [2.05, 4.69) is 0 Å². The molecule has 4 nitrogen and oxygen atoms in total. The number of hydrogen-bond donors (Lipinski definition) is 1. The summed E-state index contributed by atoms with van der Waals surface area (Å²) in [6, 6.07) is 3.44. The van der Waals surface area contributed by atoms with E-state index >= 15 is 0 Å². The minimum atomic E-state index is -1.11. The number of ether oxygens (including phenoxy) is 2. The highest BCUT2D eigenvalue weighted by molar-refractivity contribution is 5.88. The maximum Gasteiger partial charge on any atom is 0.335 e. The van der Waals surface area contributed by atoms with Crippen LogP contribution in [0.3, 0.4) is 0 Å². The molecule has 0 aromatic heterocycles. The van der Waals surface area contributed by atoms with Gasteiger partial charge >= 0.3 is 5.97 Å². The molecule has 100 valence electrons. The Kier molecular flexibility index (Phi) is 5.58. The minimum absolute atomic E-state index is 0.00509. The van der Waals surface area contributed by atoms with Gasteiger partial charge in [0.05, 0.1) is 12.2 Å². The first kappa shape index (κ1) is 14.4. The monoisotopic (exact) mass is 256 g/mol. The predicted molar refractivity (Wildman–Crippen MR) is 64.5 cm³/mol. The van der Waals surface area contributed by atoms with Gasteiger partial charge in [0.25, 0.3) is 0 Å². The molecule has 0 bridgehead atoms. The standard InChI is InChI=1S/C13H17FO4/c1-9(2)8-17-5-6-18-12-7-10(13(15)16)3-4-11(12)14/h3-4,7,9H,5-6,8H2,1-2H3,(H,15,16). The Morgan fingerprint density at radius 3 is 2.72 bits per heavy atom. The van der Waals surface area contributed by atoms with Gasteiger partial charge in [0, 0.05) is 6.61 Å². The van der Waals surface area contributed by atoms with E-state index in [0.29, 0.717) is 19.1 Å². The number of carbonyl (C=O) groups is 1. The Balaban J connectivity index is 2.46. The molecule has 0 unspecified atom stereocenters. The lowest BCUT2D eigenvalue weighted by molar-refractivity contribution is 0.0694. The predicted octanol–water partition coefficient (Wildman–Crippen LogP) is 2.58. The summed E-state index contributed by atoms with van der Waals surface area (Å²) >= 11 is 0. The van der Waals surface area contributed by atoms with Gasteiger partial charge in [-0.15, -0.1) is 0 Å². The van der Waals surface area contributed by atoms with Crippen molar-refractivity contribution in [2.45, 2.75) is 13.8 Å². The first-order valence-corrected chi connectivity index (χ1v) is 5.74. The molecule has 0 aliphatic rings. The van der Waals surface area contributed by atoms with Gasteiger partial charge in [0.15, 0.2) is 11.6 Å². The molecule has 0 amide bonds. The molecule has 1 rings (SSSR count). The van der Waals surface area contributed by atoms with Crippen LogP contribution in [0.15, 0.2) is 18.2 Å². The minimum Gasteiger partial charge on any atom is -0.488 e. The molecule has 0 saturated heterocycles. The van der Waals surface area contributed by atoms with Gasteiger partial charge in [-0.3, -0.25) is 0 Å². The second-order valence-corrected chi connectivity index (χ2v) is 4.27. The van der Waals surface area contributed by atoms with Crippen molar-refractivity contribution in [3.63, 3.8) is 0 Å². The normalized spacial score (nSPS) is 10.7. The van der Waals surface area contributed by atoms with Crippen molar-refractivity contribution >= 4 is 5.97 Å². The van der Waals surface area contributed by atoms with E-state index in [1.54, 1.807) is 0 Å². The summed E-state index contributed by atoms with van der Waals surface area (Å²) in [6.07, 6.45) is 0. The number of rotatable bonds is 7. The number of halogens is 1. The molecule has 0 atom stereocenters. The van der Waals surface area contributed by atoms with Crippen molar-refractivity contribution in [2.75, 3.05) is 19.8 Å². The Bertz CT molecular complexity index is 404. The highest BCUT2D eigenvalue weighted by Crippen LogP contribution is 2.18. The molecule has 1 aromatic carbocycles. The molecule has 18 heavy (non-hydrogen) atoms. The zero-order chi connectivity index (χ0) is 13.5. The van der Waals surface area contributed by atoms with E-state index in [0.717, 1.165) is 6.07 Å². The average Bonchev–Trinajstić information content (AvgIpc) is 2.30. The van der Waals surface area contributed by atoms with Gasteiger partial charge in [-0.1, -0.05) is 13.8 Å². The third kappa shape index (κ3) is 4.71. The summed E-state index contributed by atoms with van der Waals surface area (Å²) < 4.78 is 23.7. The molecule has 5 heteroatoms. The number of carboxylic acids is 1. The molecule has 0 heterocycles. The lowest BCUT2D eigenvalue weighted by Crippen LogP contribution is -2.11. The summed E-state index contributed by atoms with van der Waals surface area (Å²) in [7, 11) is 0. The molecule has 0 spiro atoms. The molecule has 0 saturated carbocycles. The summed E-state index contributed by atoms with van der Waals surface area (Å²) in [5.41, 5.74) is -0.00509. The second-order valence-electron chi connectivity index (χ2n) is 4.27. The third-order valence-electron chi connectivity index (χ3n) is 2.11. The summed E-state index contributed by atoms with van der Waals surface area (Å²) in [6.45, 7) is 5.19. The van der Waals surface area contributed by atoms with Gasteiger partial charge in [0.2, 0.25) is 0 Å². The van der Waals surface area contributed by atoms with Crippen molar-refractivity contribution in [2.24, 2.45) is 5.92 Å². The molecular weight excluding hydrogens is 239 g/mol. The van der Waals surface area contributed by atoms with Crippen LogP contribution in [0, 0.1) is 11.7 Å². The molecule has 1 aromatic rings. The zero-order valence-corrected chi connectivity index (χ0v) is 10.5.